The van der Waals surface area contributed by atoms with E-state index in [2.05, 4.69) is 0 Å². The first-order valence-electron chi connectivity index (χ1n) is 10.4. The molecular weight excluding hydrogens is 424 g/mol. The van der Waals surface area contributed by atoms with E-state index in [1.807, 2.05) is 61.5 Å². The summed E-state index contributed by atoms with van der Waals surface area (Å²) in [6.45, 7) is 2.25. The molecule has 1 saturated heterocycles. The van der Waals surface area contributed by atoms with Crippen molar-refractivity contribution < 1.29 is 14.4 Å². The van der Waals surface area contributed by atoms with Crippen molar-refractivity contribution in [3.8, 4) is 0 Å². The fraction of sp³-hybridized carbons (Fsp3) is 0.192. The summed E-state index contributed by atoms with van der Waals surface area (Å²) >= 11 is 5.95. The van der Waals surface area contributed by atoms with Crippen LogP contribution in [0.4, 0.5) is 5.69 Å². The van der Waals surface area contributed by atoms with Gasteiger partial charge >= 0.3 is 0 Å². The van der Waals surface area contributed by atoms with Gasteiger partial charge in [-0.15, -0.1) is 0 Å². The minimum atomic E-state index is -0.851. The second-order valence-corrected chi connectivity index (χ2v) is 8.37. The summed E-state index contributed by atoms with van der Waals surface area (Å²) in [6, 6.07) is 22.9. The van der Waals surface area contributed by atoms with Gasteiger partial charge in [-0.3, -0.25) is 14.4 Å². The zero-order valence-electron chi connectivity index (χ0n) is 17.7. The van der Waals surface area contributed by atoms with Gasteiger partial charge in [0.25, 0.3) is 5.91 Å². The molecule has 0 N–H and O–H groups in total. The first kappa shape index (κ1) is 21.8. The SMILES string of the molecule is Cc1ccc(CN(C(=O)Cc2ccccc2)C2CC(=O)N(c3ccc(Cl)cc3)C2=O)cc1. The normalized spacial score (nSPS) is 15.8. The molecule has 6 heteroatoms. The van der Waals surface area contributed by atoms with Crippen molar-refractivity contribution >= 4 is 35.0 Å². The summed E-state index contributed by atoms with van der Waals surface area (Å²) in [7, 11) is 0. The quantitative estimate of drug-likeness (QED) is 0.522. The molecule has 0 radical (unpaired) electrons. The highest BCUT2D eigenvalue weighted by Gasteiger charge is 2.44. The Balaban J connectivity index is 1.63. The Morgan fingerprint density at radius 3 is 2.25 bits per heavy atom. The van der Waals surface area contributed by atoms with Crippen LogP contribution >= 0.6 is 11.6 Å². The van der Waals surface area contributed by atoms with Gasteiger partial charge in [-0.2, -0.15) is 0 Å². The number of rotatable bonds is 6. The van der Waals surface area contributed by atoms with Gasteiger partial charge in [0.2, 0.25) is 11.8 Å². The van der Waals surface area contributed by atoms with E-state index >= 15 is 0 Å². The van der Waals surface area contributed by atoms with Gasteiger partial charge in [-0.05, 0) is 42.3 Å². The number of hydrogen-bond acceptors (Lipinski definition) is 3. The molecule has 5 nitrogen and oxygen atoms in total. The van der Waals surface area contributed by atoms with Crippen LogP contribution in [0, 0.1) is 6.92 Å². The standard InChI is InChI=1S/C26H23ClN2O3/c1-18-7-9-20(10-8-18)17-28(24(30)15-19-5-3-2-4-6-19)23-16-25(31)29(26(23)32)22-13-11-21(27)12-14-22/h2-14,23H,15-17H2,1H3. The fourth-order valence-electron chi connectivity index (χ4n) is 3.86. The molecule has 162 valence electrons. The molecule has 0 saturated carbocycles. The van der Waals surface area contributed by atoms with Crippen molar-refractivity contribution in [1.29, 1.82) is 0 Å². The molecule has 32 heavy (non-hydrogen) atoms. The Hall–Kier alpha value is -3.44. The third-order valence-corrected chi connectivity index (χ3v) is 5.83. The van der Waals surface area contributed by atoms with Gasteiger partial charge in [-0.25, -0.2) is 4.90 Å². The van der Waals surface area contributed by atoms with Crippen molar-refractivity contribution in [2.75, 3.05) is 4.90 Å². The highest BCUT2D eigenvalue weighted by atomic mass is 35.5. The Morgan fingerprint density at radius 2 is 1.59 bits per heavy atom. The molecule has 3 aromatic rings. The van der Waals surface area contributed by atoms with E-state index in [4.69, 9.17) is 11.6 Å². The van der Waals surface area contributed by atoms with Crippen molar-refractivity contribution in [2.45, 2.75) is 32.4 Å². The number of imide groups is 1. The average molecular weight is 447 g/mol. The number of aryl methyl sites for hydroxylation is 1. The lowest BCUT2D eigenvalue weighted by atomic mass is 10.1. The van der Waals surface area contributed by atoms with Crippen LogP contribution in [-0.2, 0) is 27.3 Å². The topological polar surface area (TPSA) is 57.7 Å². The van der Waals surface area contributed by atoms with Gasteiger partial charge in [-0.1, -0.05) is 71.8 Å². The highest BCUT2D eigenvalue weighted by Crippen LogP contribution is 2.28. The Kier molecular flexibility index (Phi) is 6.37. The molecule has 1 unspecified atom stereocenters. The van der Waals surface area contributed by atoms with Crippen molar-refractivity contribution in [3.63, 3.8) is 0 Å². The van der Waals surface area contributed by atoms with E-state index in [1.54, 1.807) is 24.3 Å². The molecule has 0 aromatic heterocycles. The summed E-state index contributed by atoms with van der Waals surface area (Å²) in [5.41, 5.74) is 3.33. The Labute approximate surface area is 192 Å². The van der Waals surface area contributed by atoms with E-state index in [1.165, 1.54) is 4.90 Å². The zero-order valence-corrected chi connectivity index (χ0v) is 18.5. The monoisotopic (exact) mass is 446 g/mol. The lowest BCUT2D eigenvalue weighted by molar-refractivity contribution is -0.138. The molecular formula is C26H23ClN2O3. The van der Waals surface area contributed by atoms with Crippen molar-refractivity contribution in [1.82, 2.24) is 4.90 Å². The molecule has 1 fully saturated rings. The van der Waals surface area contributed by atoms with Gasteiger partial charge < -0.3 is 4.90 Å². The first-order valence-corrected chi connectivity index (χ1v) is 10.8. The van der Waals surface area contributed by atoms with Crippen LogP contribution in [-0.4, -0.2) is 28.7 Å². The molecule has 1 heterocycles. The predicted octanol–water partition coefficient (Wildman–Crippen LogP) is 4.55. The van der Waals surface area contributed by atoms with E-state index in [-0.39, 0.29) is 31.2 Å². The number of carbonyl (C=O) groups is 3. The average Bonchev–Trinajstić information content (AvgIpc) is 3.08. The number of amides is 3. The van der Waals surface area contributed by atoms with Gasteiger partial charge in [0.15, 0.2) is 0 Å². The zero-order chi connectivity index (χ0) is 22.7. The number of halogens is 1. The van der Waals surface area contributed by atoms with Crippen LogP contribution in [0.15, 0.2) is 78.9 Å². The van der Waals surface area contributed by atoms with E-state index in [0.29, 0.717) is 10.7 Å². The smallest absolute Gasteiger partial charge is 0.257 e. The fourth-order valence-corrected chi connectivity index (χ4v) is 3.98. The minimum Gasteiger partial charge on any atom is -0.325 e. The molecule has 0 aliphatic carbocycles. The lowest BCUT2D eigenvalue weighted by Gasteiger charge is -2.28. The summed E-state index contributed by atoms with van der Waals surface area (Å²) in [6.07, 6.45) is 0.111. The molecule has 3 amide bonds. The van der Waals surface area contributed by atoms with Gasteiger partial charge in [0, 0.05) is 11.6 Å². The number of nitrogens with zero attached hydrogens (tertiary/aromatic N) is 2. The molecule has 1 atom stereocenters. The third-order valence-electron chi connectivity index (χ3n) is 5.58. The summed E-state index contributed by atoms with van der Waals surface area (Å²) in [5, 5.41) is 0.517. The van der Waals surface area contributed by atoms with Gasteiger partial charge in [0.05, 0.1) is 18.5 Å². The first-order chi connectivity index (χ1) is 15.4. The van der Waals surface area contributed by atoms with Crippen LogP contribution in [0.2, 0.25) is 5.02 Å². The van der Waals surface area contributed by atoms with Crippen LogP contribution < -0.4 is 4.90 Å². The van der Waals surface area contributed by atoms with E-state index < -0.39 is 11.9 Å². The third kappa shape index (κ3) is 4.73. The Morgan fingerprint density at radius 1 is 0.938 bits per heavy atom. The van der Waals surface area contributed by atoms with Crippen molar-refractivity contribution in [2.24, 2.45) is 0 Å². The molecule has 0 spiro atoms. The van der Waals surface area contributed by atoms with Crippen LogP contribution in [0.25, 0.3) is 0 Å². The number of carbonyl (C=O) groups excluding carboxylic acids is 3. The summed E-state index contributed by atoms with van der Waals surface area (Å²) < 4.78 is 0. The lowest BCUT2D eigenvalue weighted by Crippen LogP contribution is -2.45. The number of benzene rings is 3. The summed E-state index contributed by atoms with van der Waals surface area (Å²) in [4.78, 5) is 42.1. The van der Waals surface area contributed by atoms with E-state index in [9.17, 15) is 14.4 Å². The Bertz CT molecular complexity index is 1130. The minimum absolute atomic E-state index is 0.0478. The van der Waals surface area contributed by atoms with Crippen LogP contribution in [0.3, 0.4) is 0 Å². The second kappa shape index (κ2) is 9.37. The maximum absolute atomic E-state index is 13.3. The molecule has 3 aromatic carbocycles. The molecule has 1 aliphatic heterocycles. The second-order valence-electron chi connectivity index (χ2n) is 7.93. The van der Waals surface area contributed by atoms with Crippen LogP contribution in [0.5, 0.6) is 0 Å². The molecule has 1 aliphatic rings. The van der Waals surface area contributed by atoms with Crippen LogP contribution in [0.1, 0.15) is 23.1 Å². The maximum Gasteiger partial charge on any atom is 0.257 e. The number of anilines is 1. The largest absolute Gasteiger partial charge is 0.325 e. The van der Waals surface area contributed by atoms with Gasteiger partial charge in [0.1, 0.15) is 6.04 Å². The van der Waals surface area contributed by atoms with Crippen molar-refractivity contribution in [3.05, 3.63) is 101 Å². The molecule has 0 bridgehead atoms. The predicted molar refractivity (Wildman–Crippen MR) is 124 cm³/mol. The molecule has 4 rings (SSSR count). The van der Waals surface area contributed by atoms with E-state index in [0.717, 1.165) is 21.6 Å². The maximum atomic E-state index is 13.3. The highest BCUT2D eigenvalue weighted by molar-refractivity contribution is 6.30. The summed E-state index contributed by atoms with van der Waals surface area (Å²) in [5.74, 6) is -0.921. The number of hydrogen-bond donors (Lipinski definition) is 0.